The smallest absolute Gasteiger partial charge is 0.289 e. The zero-order valence-electron chi connectivity index (χ0n) is 13.6. The fraction of sp³-hybridized carbons (Fsp3) is 0.529. The van der Waals surface area contributed by atoms with Gasteiger partial charge in [0.05, 0.1) is 11.7 Å². The average molecular weight is 333 g/mol. The molecule has 1 aliphatic rings. The van der Waals surface area contributed by atoms with Gasteiger partial charge in [-0.15, -0.1) is 11.3 Å². The van der Waals surface area contributed by atoms with Gasteiger partial charge in [-0.2, -0.15) is 0 Å². The minimum absolute atomic E-state index is 0.197. The Kier molecular flexibility index (Phi) is 5.13. The number of thiophene rings is 1. The van der Waals surface area contributed by atoms with E-state index in [1.807, 2.05) is 6.92 Å². The summed E-state index contributed by atoms with van der Waals surface area (Å²) in [4.78, 5) is 16.0. The molecule has 0 saturated carbocycles. The highest BCUT2D eigenvalue weighted by Gasteiger charge is 2.26. The van der Waals surface area contributed by atoms with Gasteiger partial charge < -0.3 is 9.84 Å². The van der Waals surface area contributed by atoms with Gasteiger partial charge in [-0.05, 0) is 50.2 Å². The van der Waals surface area contributed by atoms with Crippen molar-refractivity contribution in [1.29, 1.82) is 0 Å². The minimum atomic E-state index is -0.197. The maximum absolute atomic E-state index is 12.2. The first kappa shape index (κ1) is 16.2. The molecule has 1 fully saturated rings. The number of likely N-dealkylation sites (tertiary alicyclic amines) is 1. The van der Waals surface area contributed by atoms with E-state index in [-0.39, 0.29) is 17.7 Å². The quantitative estimate of drug-likeness (QED) is 0.912. The number of rotatable bonds is 5. The van der Waals surface area contributed by atoms with Crippen LogP contribution in [0, 0.1) is 12.8 Å². The second-order valence-electron chi connectivity index (χ2n) is 6.29. The molecule has 1 saturated heterocycles. The largest absolute Gasteiger partial charge is 0.351 e. The van der Waals surface area contributed by atoms with E-state index in [0.29, 0.717) is 6.54 Å². The number of piperidine rings is 1. The minimum Gasteiger partial charge on any atom is -0.351 e. The molecule has 0 aliphatic carbocycles. The molecule has 1 N–H and O–H groups in total. The number of aromatic nitrogens is 1. The molecule has 5 nitrogen and oxygen atoms in total. The van der Waals surface area contributed by atoms with Crippen molar-refractivity contribution in [2.75, 3.05) is 19.6 Å². The Balaban J connectivity index is 1.66. The van der Waals surface area contributed by atoms with Crippen molar-refractivity contribution < 1.29 is 9.32 Å². The molecule has 0 aromatic carbocycles. The molecule has 3 rings (SSSR count). The van der Waals surface area contributed by atoms with Gasteiger partial charge in [-0.3, -0.25) is 9.69 Å². The molecule has 1 aliphatic heterocycles. The molecule has 3 heterocycles. The number of hydrogen-bond donors (Lipinski definition) is 1. The van der Waals surface area contributed by atoms with Crippen LogP contribution in [0.25, 0.3) is 0 Å². The maximum Gasteiger partial charge on any atom is 0.289 e. The van der Waals surface area contributed by atoms with E-state index in [2.05, 4.69) is 39.8 Å². The summed E-state index contributed by atoms with van der Waals surface area (Å²) < 4.78 is 5.04. The van der Waals surface area contributed by atoms with E-state index in [1.165, 1.54) is 17.7 Å². The Bertz CT molecular complexity index is 630. The third-order valence-electron chi connectivity index (χ3n) is 4.44. The first-order valence-corrected chi connectivity index (χ1v) is 9.00. The van der Waals surface area contributed by atoms with Crippen molar-refractivity contribution >= 4 is 17.2 Å². The summed E-state index contributed by atoms with van der Waals surface area (Å²) in [6.45, 7) is 6.88. The number of aryl methyl sites for hydroxylation is 1. The first-order valence-electron chi connectivity index (χ1n) is 8.12. The van der Waals surface area contributed by atoms with E-state index in [4.69, 9.17) is 4.52 Å². The molecule has 0 bridgehead atoms. The molecule has 124 valence electrons. The summed E-state index contributed by atoms with van der Waals surface area (Å²) in [6.07, 6.45) is 2.44. The standard InChI is InChI=1S/C17H23N3O2S/c1-12-5-7-20(8-6-12)14(16-4-3-9-23-16)11-18-17(21)15-10-13(2)19-22-15/h3-4,9-10,12,14H,5-8,11H2,1-2H3,(H,18,21). The van der Waals surface area contributed by atoms with E-state index < -0.39 is 0 Å². The van der Waals surface area contributed by atoms with E-state index in [0.717, 1.165) is 24.7 Å². The topological polar surface area (TPSA) is 58.4 Å². The third kappa shape index (κ3) is 4.00. The lowest BCUT2D eigenvalue weighted by molar-refractivity contribution is 0.0879. The van der Waals surface area contributed by atoms with Crippen molar-refractivity contribution in [2.45, 2.75) is 32.7 Å². The van der Waals surface area contributed by atoms with Gasteiger partial charge in [-0.1, -0.05) is 18.1 Å². The normalized spacial score (nSPS) is 18.0. The molecule has 1 atom stereocenters. The van der Waals surface area contributed by atoms with Gasteiger partial charge in [0.1, 0.15) is 0 Å². The third-order valence-corrected chi connectivity index (χ3v) is 5.41. The molecule has 23 heavy (non-hydrogen) atoms. The summed E-state index contributed by atoms with van der Waals surface area (Å²) in [5, 5.41) is 8.86. The van der Waals surface area contributed by atoms with Crippen molar-refractivity contribution in [2.24, 2.45) is 5.92 Å². The van der Waals surface area contributed by atoms with Crippen LogP contribution in [0.4, 0.5) is 0 Å². The Morgan fingerprint density at radius 3 is 2.91 bits per heavy atom. The van der Waals surface area contributed by atoms with Crippen LogP contribution in [0.2, 0.25) is 0 Å². The van der Waals surface area contributed by atoms with Crippen molar-refractivity contribution in [1.82, 2.24) is 15.4 Å². The van der Waals surface area contributed by atoms with Crippen LogP contribution in [0.5, 0.6) is 0 Å². The lowest BCUT2D eigenvalue weighted by atomic mass is 9.97. The summed E-state index contributed by atoms with van der Waals surface area (Å²) >= 11 is 1.75. The number of amides is 1. The second-order valence-corrected chi connectivity index (χ2v) is 7.27. The fourth-order valence-electron chi connectivity index (χ4n) is 2.98. The monoisotopic (exact) mass is 333 g/mol. The summed E-state index contributed by atoms with van der Waals surface area (Å²) in [6, 6.07) is 6.12. The fourth-order valence-corrected chi connectivity index (χ4v) is 3.84. The van der Waals surface area contributed by atoms with Crippen LogP contribution < -0.4 is 5.32 Å². The average Bonchev–Trinajstić information content (AvgIpc) is 3.21. The van der Waals surface area contributed by atoms with Gasteiger partial charge in [0.2, 0.25) is 5.76 Å². The predicted molar refractivity (Wildman–Crippen MR) is 90.6 cm³/mol. The molecule has 1 unspecified atom stereocenters. The number of carbonyl (C=O) groups is 1. The molecule has 1 amide bonds. The van der Waals surface area contributed by atoms with Crippen LogP contribution in [0.1, 0.15) is 46.9 Å². The van der Waals surface area contributed by atoms with Crippen molar-refractivity contribution in [3.05, 3.63) is 39.9 Å². The summed E-state index contributed by atoms with van der Waals surface area (Å²) in [7, 11) is 0. The van der Waals surface area contributed by atoms with Gasteiger partial charge in [0.25, 0.3) is 5.91 Å². The van der Waals surface area contributed by atoms with Gasteiger partial charge in [-0.25, -0.2) is 0 Å². The van der Waals surface area contributed by atoms with Gasteiger partial charge in [0, 0.05) is 17.5 Å². The van der Waals surface area contributed by atoms with Gasteiger partial charge >= 0.3 is 0 Å². The molecule has 0 radical (unpaired) electrons. The highest BCUT2D eigenvalue weighted by atomic mass is 32.1. The summed E-state index contributed by atoms with van der Waals surface area (Å²) in [5.74, 6) is 0.874. The Labute approximate surface area is 140 Å². The Morgan fingerprint density at radius 2 is 2.30 bits per heavy atom. The number of nitrogens with zero attached hydrogens (tertiary/aromatic N) is 2. The molecule has 2 aromatic rings. The molecular formula is C17H23N3O2S. The van der Waals surface area contributed by atoms with E-state index in [1.54, 1.807) is 17.4 Å². The molecule has 2 aromatic heterocycles. The molecule has 6 heteroatoms. The van der Waals surface area contributed by atoms with E-state index in [9.17, 15) is 4.79 Å². The SMILES string of the molecule is Cc1cc(C(=O)NCC(c2cccs2)N2CCC(C)CC2)on1. The molecule has 0 spiro atoms. The lowest BCUT2D eigenvalue weighted by Crippen LogP contribution is -2.41. The predicted octanol–water partition coefficient (Wildman–Crippen LogP) is 3.25. The zero-order valence-corrected chi connectivity index (χ0v) is 14.4. The highest BCUT2D eigenvalue weighted by molar-refractivity contribution is 7.10. The van der Waals surface area contributed by atoms with E-state index >= 15 is 0 Å². The zero-order chi connectivity index (χ0) is 16.2. The summed E-state index contributed by atoms with van der Waals surface area (Å²) in [5.41, 5.74) is 0.718. The number of hydrogen-bond acceptors (Lipinski definition) is 5. The molecular weight excluding hydrogens is 310 g/mol. The lowest BCUT2D eigenvalue weighted by Gasteiger charge is -2.36. The van der Waals surface area contributed by atoms with Crippen LogP contribution in [0.15, 0.2) is 28.1 Å². The maximum atomic E-state index is 12.2. The van der Waals surface area contributed by atoms with Gasteiger partial charge in [0.15, 0.2) is 0 Å². The Hall–Kier alpha value is -1.66. The highest BCUT2D eigenvalue weighted by Crippen LogP contribution is 2.29. The van der Waals surface area contributed by atoms with Crippen molar-refractivity contribution in [3.8, 4) is 0 Å². The van der Waals surface area contributed by atoms with Crippen molar-refractivity contribution in [3.63, 3.8) is 0 Å². The Morgan fingerprint density at radius 1 is 1.52 bits per heavy atom. The van der Waals surface area contributed by atoms with Crippen LogP contribution >= 0.6 is 11.3 Å². The first-order chi connectivity index (χ1) is 11.1. The van der Waals surface area contributed by atoms with Crippen LogP contribution in [-0.4, -0.2) is 35.6 Å². The van der Waals surface area contributed by atoms with Crippen LogP contribution in [0.3, 0.4) is 0 Å². The van der Waals surface area contributed by atoms with Crippen LogP contribution in [-0.2, 0) is 0 Å². The number of nitrogens with one attached hydrogen (secondary N) is 1. The second kappa shape index (κ2) is 7.27. The number of carbonyl (C=O) groups excluding carboxylic acids is 1.